The first-order valence-corrected chi connectivity index (χ1v) is 6.23. The van der Waals surface area contributed by atoms with Gasteiger partial charge in [0.05, 0.1) is 11.3 Å². The van der Waals surface area contributed by atoms with Crippen molar-refractivity contribution in [2.45, 2.75) is 24.9 Å². The van der Waals surface area contributed by atoms with Gasteiger partial charge in [-0.3, -0.25) is 4.79 Å². The number of benzene rings is 1. The molecule has 0 radical (unpaired) electrons. The van der Waals surface area contributed by atoms with Crippen molar-refractivity contribution in [1.29, 1.82) is 0 Å². The van der Waals surface area contributed by atoms with E-state index in [2.05, 4.69) is 9.97 Å². The molecular weight excluding hydrogens is 269 g/mol. The van der Waals surface area contributed by atoms with Crippen molar-refractivity contribution in [3.8, 4) is 11.3 Å². The molecule has 0 saturated heterocycles. The molecule has 1 heterocycles. The van der Waals surface area contributed by atoms with E-state index in [4.69, 9.17) is 0 Å². The van der Waals surface area contributed by atoms with Gasteiger partial charge in [0.15, 0.2) is 0 Å². The van der Waals surface area contributed by atoms with Gasteiger partial charge >= 0.3 is 6.18 Å². The summed E-state index contributed by atoms with van der Waals surface area (Å²) >= 11 is 0. The van der Waals surface area contributed by atoms with Crippen molar-refractivity contribution in [2.75, 3.05) is 0 Å². The summed E-state index contributed by atoms with van der Waals surface area (Å²) in [7, 11) is 0. The summed E-state index contributed by atoms with van der Waals surface area (Å²) in [6.45, 7) is 0. The van der Waals surface area contributed by atoms with Crippen LogP contribution >= 0.6 is 0 Å². The van der Waals surface area contributed by atoms with E-state index in [1.165, 1.54) is 18.2 Å². The summed E-state index contributed by atoms with van der Waals surface area (Å²) in [6, 6.07) is 6.26. The van der Waals surface area contributed by atoms with Crippen LogP contribution in [0.5, 0.6) is 0 Å². The molecule has 3 nitrogen and oxygen atoms in total. The molecule has 1 N–H and O–H groups in total. The maximum Gasteiger partial charge on any atom is 0.417 e. The Labute approximate surface area is 112 Å². The van der Waals surface area contributed by atoms with Crippen LogP contribution in [0.4, 0.5) is 13.2 Å². The standard InChI is InChI=1S/C14H11F3N2O/c15-14(16,17)10-4-2-1-3-9(10)11-7-12(20)19-13(18-11)8-5-6-8/h1-4,7-8H,5-6H2,(H,18,19,20). The maximum absolute atomic E-state index is 13.0. The van der Waals surface area contributed by atoms with Gasteiger partial charge < -0.3 is 4.98 Å². The molecule has 0 atom stereocenters. The molecule has 2 aromatic rings. The number of nitrogens with zero attached hydrogens (tertiary/aromatic N) is 1. The van der Waals surface area contributed by atoms with Gasteiger partial charge in [0, 0.05) is 17.5 Å². The Balaban J connectivity index is 2.16. The summed E-state index contributed by atoms with van der Waals surface area (Å²) in [5, 5.41) is 0. The Morgan fingerprint density at radius 1 is 1.20 bits per heavy atom. The molecular formula is C14H11F3N2O. The lowest BCUT2D eigenvalue weighted by Crippen LogP contribution is -2.13. The summed E-state index contributed by atoms with van der Waals surface area (Å²) in [5.74, 6) is 0.644. The van der Waals surface area contributed by atoms with Crippen LogP contribution in [-0.4, -0.2) is 9.97 Å². The molecule has 1 saturated carbocycles. The first kappa shape index (κ1) is 12.9. The second-order valence-corrected chi connectivity index (χ2v) is 4.83. The molecule has 1 aromatic heterocycles. The number of hydrogen-bond acceptors (Lipinski definition) is 2. The van der Waals surface area contributed by atoms with Crippen molar-refractivity contribution in [1.82, 2.24) is 9.97 Å². The number of nitrogens with one attached hydrogen (secondary N) is 1. The maximum atomic E-state index is 13.0. The summed E-state index contributed by atoms with van der Waals surface area (Å²) in [5.41, 5.74) is -1.19. The number of H-pyrrole nitrogens is 1. The summed E-state index contributed by atoms with van der Waals surface area (Å²) in [6.07, 6.45) is -2.65. The third kappa shape index (κ3) is 2.45. The molecule has 0 bridgehead atoms. The van der Waals surface area contributed by atoms with Crippen molar-refractivity contribution >= 4 is 0 Å². The Hall–Kier alpha value is -2.11. The predicted molar refractivity (Wildman–Crippen MR) is 67.3 cm³/mol. The Morgan fingerprint density at radius 2 is 1.90 bits per heavy atom. The smallest absolute Gasteiger partial charge is 0.310 e. The Bertz CT molecular complexity index is 702. The van der Waals surface area contributed by atoms with Gasteiger partial charge in [-0.05, 0) is 18.9 Å². The quantitative estimate of drug-likeness (QED) is 0.917. The molecule has 0 aliphatic heterocycles. The fourth-order valence-electron chi connectivity index (χ4n) is 2.12. The van der Waals surface area contributed by atoms with Gasteiger partial charge in [0.2, 0.25) is 0 Å². The molecule has 3 rings (SSSR count). The highest BCUT2D eigenvalue weighted by Crippen LogP contribution is 2.39. The van der Waals surface area contributed by atoms with Crippen molar-refractivity contribution in [2.24, 2.45) is 0 Å². The second kappa shape index (κ2) is 4.47. The molecule has 0 amide bonds. The molecule has 6 heteroatoms. The molecule has 0 unspecified atom stereocenters. The topological polar surface area (TPSA) is 45.8 Å². The average molecular weight is 280 g/mol. The van der Waals surface area contributed by atoms with E-state index in [0.717, 1.165) is 25.0 Å². The fraction of sp³-hybridized carbons (Fsp3) is 0.286. The third-order valence-electron chi connectivity index (χ3n) is 3.23. The van der Waals surface area contributed by atoms with Gasteiger partial charge in [0.25, 0.3) is 5.56 Å². The summed E-state index contributed by atoms with van der Waals surface area (Å²) < 4.78 is 39.0. The largest absolute Gasteiger partial charge is 0.417 e. The van der Waals surface area contributed by atoms with E-state index in [1.54, 1.807) is 0 Å². The minimum atomic E-state index is -4.47. The number of rotatable bonds is 2. The predicted octanol–water partition coefficient (Wildman–Crippen LogP) is 3.33. The normalized spacial score (nSPS) is 15.3. The fourth-order valence-corrected chi connectivity index (χ4v) is 2.12. The number of aromatic nitrogens is 2. The highest BCUT2D eigenvalue weighted by Gasteiger charge is 2.34. The lowest BCUT2D eigenvalue weighted by molar-refractivity contribution is -0.137. The monoisotopic (exact) mass is 280 g/mol. The van der Waals surface area contributed by atoms with Crippen LogP contribution in [-0.2, 0) is 6.18 Å². The highest BCUT2D eigenvalue weighted by molar-refractivity contribution is 5.64. The minimum absolute atomic E-state index is 0.0620. The van der Waals surface area contributed by atoms with E-state index in [-0.39, 0.29) is 17.2 Å². The summed E-state index contributed by atoms with van der Waals surface area (Å²) in [4.78, 5) is 18.4. The van der Waals surface area contributed by atoms with E-state index in [0.29, 0.717) is 5.82 Å². The molecule has 20 heavy (non-hydrogen) atoms. The lowest BCUT2D eigenvalue weighted by atomic mass is 10.0. The second-order valence-electron chi connectivity index (χ2n) is 4.83. The van der Waals surface area contributed by atoms with Gasteiger partial charge in [0.1, 0.15) is 5.82 Å². The van der Waals surface area contributed by atoms with Gasteiger partial charge in [-0.1, -0.05) is 18.2 Å². The zero-order valence-electron chi connectivity index (χ0n) is 10.4. The SMILES string of the molecule is O=c1cc(-c2ccccc2C(F)(F)F)nc(C2CC2)[nH]1. The average Bonchev–Trinajstić information content (AvgIpc) is 3.21. The van der Waals surface area contributed by atoms with E-state index in [9.17, 15) is 18.0 Å². The number of halogens is 3. The van der Waals surface area contributed by atoms with Crippen LogP contribution in [0, 0.1) is 0 Å². The zero-order chi connectivity index (χ0) is 14.3. The van der Waals surface area contributed by atoms with Gasteiger partial charge in [-0.15, -0.1) is 0 Å². The molecule has 1 aliphatic rings. The van der Waals surface area contributed by atoms with Crippen LogP contribution in [0.25, 0.3) is 11.3 Å². The van der Waals surface area contributed by atoms with E-state index >= 15 is 0 Å². The van der Waals surface area contributed by atoms with Crippen LogP contribution < -0.4 is 5.56 Å². The minimum Gasteiger partial charge on any atom is -0.310 e. The third-order valence-corrected chi connectivity index (χ3v) is 3.23. The van der Waals surface area contributed by atoms with E-state index in [1.807, 2.05) is 0 Å². The highest BCUT2D eigenvalue weighted by atomic mass is 19.4. The van der Waals surface area contributed by atoms with Crippen LogP contribution in [0.1, 0.15) is 30.1 Å². The Morgan fingerprint density at radius 3 is 2.55 bits per heavy atom. The number of aromatic amines is 1. The van der Waals surface area contributed by atoms with Gasteiger partial charge in [-0.2, -0.15) is 13.2 Å². The molecule has 1 fully saturated rings. The molecule has 1 aromatic carbocycles. The zero-order valence-corrected chi connectivity index (χ0v) is 10.4. The lowest BCUT2D eigenvalue weighted by Gasteiger charge is -2.12. The van der Waals surface area contributed by atoms with Crippen LogP contribution in [0.15, 0.2) is 35.1 Å². The van der Waals surface area contributed by atoms with Crippen LogP contribution in [0.2, 0.25) is 0 Å². The number of hydrogen-bond donors (Lipinski definition) is 1. The molecule has 104 valence electrons. The van der Waals surface area contributed by atoms with Crippen molar-refractivity contribution < 1.29 is 13.2 Å². The van der Waals surface area contributed by atoms with E-state index < -0.39 is 17.3 Å². The number of alkyl halides is 3. The Kier molecular flexibility index (Phi) is 2.88. The first-order valence-electron chi connectivity index (χ1n) is 6.23. The van der Waals surface area contributed by atoms with Crippen molar-refractivity contribution in [3.63, 3.8) is 0 Å². The van der Waals surface area contributed by atoms with Crippen LogP contribution in [0.3, 0.4) is 0 Å². The first-order chi connectivity index (χ1) is 9.45. The van der Waals surface area contributed by atoms with Gasteiger partial charge in [-0.25, -0.2) is 4.98 Å². The van der Waals surface area contributed by atoms with Crippen molar-refractivity contribution in [3.05, 3.63) is 52.1 Å². The molecule has 1 aliphatic carbocycles. The molecule has 0 spiro atoms.